The third-order valence-electron chi connectivity index (χ3n) is 5.46. The van der Waals surface area contributed by atoms with Crippen molar-refractivity contribution >= 4 is 16.9 Å². The smallest absolute Gasteiger partial charge is 0.353 e. The Hall–Kier alpha value is -3.87. The van der Waals surface area contributed by atoms with Crippen molar-refractivity contribution in [3.05, 3.63) is 87.7 Å². The predicted molar refractivity (Wildman–Crippen MR) is 110 cm³/mol. The summed E-state index contributed by atoms with van der Waals surface area (Å²) in [6.07, 6.45) is 2.20. The maximum Gasteiger partial charge on any atom is 0.353 e. The minimum absolute atomic E-state index is 0.00827. The molecule has 2 aromatic heterocycles. The van der Waals surface area contributed by atoms with Crippen molar-refractivity contribution in [2.45, 2.75) is 13.0 Å². The molecule has 0 saturated carbocycles. The fraction of sp³-hybridized carbons (Fsp3) is 0.130. The van der Waals surface area contributed by atoms with Gasteiger partial charge in [0, 0.05) is 23.7 Å². The average molecular weight is 404 g/mol. The lowest BCUT2D eigenvalue weighted by molar-refractivity contribution is 0.0687. The molecule has 0 bridgehead atoms. The zero-order chi connectivity index (χ0) is 20.8. The van der Waals surface area contributed by atoms with Crippen molar-refractivity contribution in [2.24, 2.45) is 0 Å². The fourth-order valence-corrected chi connectivity index (χ4v) is 4.14. The van der Waals surface area contributed by atoms with Crippen molar-refractivity contribution in [2.75, 3.05) is 6.61 Å². The number of aromatic amines is 1. The van der Waals surface area contributed by atoms with E-state index in [2.05, 4.69) is 4.98 Å². The number of fused-ring (bicyclic) bond motifs is 3. The predicted octanol–water partition coefficient (Wildman–Crippen LogP) is 3.82. The molecule has 0 spiro atoms. The highest BCUT2D eigenvalue weighted by Crippen LogP contribution is 2.43. The van der Waals surface area contributed by atoms with E-state index in [0.717, 1.165) is 5.56 Å². The minimum atomic E-state index is -1.20. The van der Waals surface area contributed by atoms with Crippen molar-refractivity contribution in [1.82, 2.24) is 9.55 Å². The fourth-order valence-electron chi connectivity index (χ4n) is 4.14. The van der Waals surface area contributed by atoms with Gasteiger partial charge in [0.2, 0.25) is 0 Å². The van der Waals surface area contributed by atoms with Gasteiger partial charge in [0.05, 0.1) is 29.6 Å². The van der Waals surface area contributed by atoms with E-state index in [1.165, 1.54) is 12.3 Å². The van der Waals surface area contributed by atoms with Crippen LogP contribution in [-0.4, -0.2) is 27.2 Å². The van der Waals surface area contributed by atoms with E-state index in [0.29, 0.717) is 35.2 Å². The van der Waals surface area contributed by atoms with Crippen LogP contribution in [0.15, 0.2) is 59.5 Å². The maximum atomic E-state index is 14.4. The Morgan fingerprint density at radius 1 is 1.17 bits per heavy atom. The monoisotopic (exact) mass is 404 g/mol. The Labute approximate surface area is 170 Å². The molecule has 3 heterocycles. The summed E-state index contributed by atoms with van der Waals surface area (Å²) in [6.45, 7) is 0.494. The zero-order valence-electron chi connectivity index (χ0n) is 15.8. The molecule has 0 fully saturated rings. The van der Waals surface area contributed by atoms with Crippen LogP contribution in [0.2, 0.25) is 0 Å². The standard InChI is InChI=1S/C23H17FN2O4/c24-16-6-2-1-4-14(16)12-26-17-8-7-13-9-11-30-21(13)19(17)18(20(26)23(28)29)15-5-3-10-25-22(15)27/h1-8,10H,9,11-12H2,(H,25,27)(H,28,29). The van der Waals surface area contributed by atoms with Crippen LogP contribution >= 0.6 is 0 Å². The first-order valence-electron chi connectivity index (χ1n) is 9.52. The van der Waals surface area contributed by atoms with Crippen LogP contribution in [0, 0.1) is 5.82 Å². The van der Waals surface area contributed by atoms with Crippen molar-refractivity contribution in [3.8, 4) is 16.9 Å². The molecule has 0 aliphatic carbocycles. The number of carboxylic acids is 1. The van der Waals surface area contributed by atoms with Crippen LogP contribution in [0.3, 0.4) is 0 Å². The molecular formula is C23H17FN2O4. The first-order chi connectivity index (χ1) is 14.6. The SMILES string of the molecule is O=C(O)c1c(-c2ccc[nH]c2=O)c2c3c(ccc2n1Cc1ccccc1F)CCO3. The number of carboxylic acid groups (broad SMARTS) is 1. The van der Waals surface area contributed by atoms with Gasteiger partial charge >= 0.3 is 5.97 Å². The Morgan fingerprint density at radius 3 is 2.77 bits per heavy atom. The molecule has 1 aliphatic rings. The summed E-state index contributed by atoms with van der Waals surface area (Å²) in [6, 6.07) is 13.2. The van der Waals surface area contributed by atoms with E-state index in [1.807, 2.05) is 12.1 Å². The number of aromatic nitrogens is 2. The molecule has 2 N–H and O–H groups in total. The van der Waals surface area contributed by atoms with E-state index >= 15 is 0 Å². The lowest BCUT2D eigenvalue weighted by Crippen LogP contribution is -2.14. The van der Waals surface area contributed by atoms with Gasteiger partial charge in [-0.25, -0.2) is 9.18 Å². The van der Waals surface area contributed by atoms with Gasteiger partial charge in [-0.15, -0.1) is 0 Å². The molecule has 0 radical (unpaired) electrons. The molecule has 30 heavy (non-hydrogen) atoms. The molecule has 6 nitrogen and oxygen atoms in total. The highest BCUT2D eigenvalue weighted by atomic mass is 19.1. The molecular weight excluding hydrogens is 387 g/mol. The first-order valence-corrected chi connectivity index (χ1v) is 9.52. The van der Waals surface area contributed by atoms with E-state index in [4.69, 9.17) is 4.74 Å². The van der Waals surface area contributed by atoms with Crippen LogP contribution in [0.4, 0.5) is 4.39 Å². The molecule has 2 aromatic carbocycles. The van der Waals surface area contributed by atoms with Gasteiger partial charge < -0.3 is 19.4 Å². The molecule has 5 rings (SSSR count). The Balaban J connectivity index is 1.90. The van der Waals surface area contributed by atoms with Gasteiger partial charge in [-0.1, -0.05) is 24.3 Å². The topological polar surface area (TPSA) is 84.3 Å². The normalized spacial score (nSPS) is 12.7. The summed E-state index contributed by atoms with van der Waals surface area (Å²) in [5.74, 6) is -1.04. The molecule has 0 unspecified atom stereocenters. The molecule has 150 valence electrons. The summed E-state index contributed by atoms with van der Waals surface area (Å²) >= 11 is 0. The third kappa shape index (κ3) is 2.70. The number of carbonyl (C=O) groups is 1. The summed E-state index contributed by atoms with van der Waals surface area (Å²) in [5, 5.41) is 10.7. The Morgan fingerprint density at radius 2 is 2.00 bits per heavy atom. The quantitative estimate of drug-likeness (QED) is 0.542. The maximum absolute atomic E-state index is 14.4. The summed E-state index contributed by atoms with van der Waals surface area (Å²) in [5.41, 5.74) is 1.93. The number of rotatable bonds is 4. The number of benzene rings is 2. The number of nitrogens with zero attached hydrogens (tertiary/aromatic N) is 1. The number of aromatic carboxylic acids is 1. The summed E-state index contributed by atoms with van der Waals surface area (Å²) in [7, 11) is 0. The number of halogens is 1. The second-order valence-corrected chi connectivity index (χ2v) is 7.17. The third-order valence-corrected chi connectivity index (χ3v) is 5.46. The molecule has 7 heteroatoms. The highest BCUT2D eigenvalue weighted by Gasteiger charge is 2.30. The van der Waals surface area contributed by atoms with E-state index in [9.17, 15) is 19.1 Å². The second-order valence-electron chi connectivity index (χ2n) is 7.17. The number of hydrogen-bond acceptors (Lipinski definition) is 3. The largest absolute Gasteiger partial charge is 0.492 e. The van der Waals surface area contributed by atoms with Crippen LogP contribution in [-0.2, 0) is 13.0 Å². The number of hydrogen-bond donors (Lipinski definition) is 2. The van der Waals surface area contributed by atoms with Gasteiger partial charge in [-0.2, -0.15) is 0 Å². The lowest BCUT2D eigenvalue weighted by Gasteiger charge is -2.10. The Bertz CT molecular complexity index is 1370. The van der Waals surface area contributed by atoms with Crippen molar-refractivity contribution in [1.29, 1.82) is 0 Å². The zero-order valence-corrected chi connectivity index (χ0v) is 15.8. The van der Waals surface area contributed by atoms with E-state index in [1.54, 1.807) is 34.9 Å². The molecule has 4 aromatic rings. The number of H-pyrrole nitrogens is 1. The van der Waals surface area contributed by atoms with Gasteiger partial charge in [0.15, 0.2) is 0 Å². The van der Waals surface area contributed by atoms with Gasteiger partial charge in [0.1, 0.15) is 17.3 Å². The van der Waals surface area contributed by atoms with E-state index < -0.39 is 17.3 Å². The van der Waals surface area contributed by atoms with E-state index in [-0.39, 0.29) is 23.4 Å². The number of pyridine rings is 1. The van der Waals surface area contributed by atoms with Gasteiger partial charge in [-0.05, 0) is 29.8 Å². The highest BCUT2D eigenvalue weighted by molar-refractivity contribution is 6.11. The molecule has 0 saturated heterocycles. The second kappa shape index (κ2) is 6.88. The minimum Gasteiger partial charge on any atom is -0.492 e. The lowest BCUT2D eigenvalue weighted by atomic mass is 10.0. The number of nitrogens with one attached hydrogen (secondary N) is 1. The molecule has 0 amide bonds. The summed E-state index contributed by atoms with van der Waals surface area (Å²) in [4.78, 5) is 27.6. The first kappa shape index (κ1) is 18.2. The number of ether oxygens (including phenoxy) is 1. The van der Waals surface area contributed by atoms with Crippen LogP contribution in [0.25, 0.3) is 22.0 Å². The van der Waals surface area contributed by atoms with Crippen molar-refractivity contribution < 1.29 is 19.0 Å². The van der Waals surface area contributed by atoms with Crippen LogP contribution < -0.4 is 10.3 Å². The van der Waals surface area contributed by atoms with Crippen molar-refractivity contribution in [3.63, 3.8) is 0 Å². The van der Waals surface area contributed by atoms with Gasteiger partial charge in [-0.3, -0.25) is 4.79 Å². The summed E-state index contributed by atoms with van der Waals surface area (Å²) < 4.78 is 21.8. The molecule has 1 aliphatic heterocycles. The van der Waals surface area contributed by atoms with Crippen LogP contribution in [0.1, 0.15) is 21.6 Å². The Kier molecular flexibility index (Phi) is 4.17. The van der Waals surface area contributed by atoms with Gasteiger partial charge in [0.25, 0.3) is 5.56 Å². The average Bonchev–Trinajstić information content (AvgIpc) is 3.32. The molecule has 0 atom stereocenters. The van der Waals surface area contributed by atoms with Crippen LogP contribution in [0.5, 0.6) is 5.75 Å².